The van der Waals surface area contributed by atoms with Crippen LogP contribution in [-0.4, -0.2) is 15.0 Å². The first-order valence-electron chi connectivity index (χ1n) is 20.4. The van der Waals surface area contributed by atoms with Gasteiger partial charge in [-0.2, -0.15) is 0 Å². The molecule has 2 aromatic heterocycles. The SMILES string of the molecule is c1ccc(-c2nc(-c3ccccc3)nc(-c3c(-c4ccc5oc6cc(C7(c8ccccc8)c8ccccc8-c8ccccc87)ccc6c5c4)ccc4ccccc34)n2)cc1. The first-order chi connectivity index (χ1) is 29.7. The van der Waals surface area contributed by atoms with Crippen molar-refractivity contribution in [2.24, 2.45) is 0 Å². The van der Waals surface area contributed by atoms with E-state index in [1.165, 1.54) is 33.4 Å². The van der Waals surface area contributed by atoms with E-state index in [0.29, 0.717) is 17.5 Å². The maximum absolute atomic E-state index is 6.78. The van der Waals surface area contributed by atoms with Crippen LogP contribution in [0.4, 0.5) is 0 Å². The molecule has 0 aliphatic heterocycles. The molecule has 0 radical (unpaired) electrons. The molecule has 4 heteroatoms. The number of nitrogens with zero attached hydrogens (tertiary/aromatic N) is 3. The Bertz CT molecular complexity index is 3330. The van der Waals surface area contributed by atoms with Crippen LogP contribution in [0.25, 0.3) is 89.1 Å². The second-order valence-corrected chi connectivity index (χ2v) is 15.5. The second-order valence-electron chi connectivity index (χ2n) is 15.5. The zero-order chi connectivity index (χ0) is 39.6. The highest BCUT2D eigenvalue weighted by Gasteiger charge is 2.46. The third-order valence-electron chi connectivity index (χ3n) is 12.2. The van der Waals surface area contributed by atoms with Crippen molar-refractivity contribution in [1.82, 2.24) is 15.0 Å². The minimum Gasteiger partial charge on any atom is -0.456 e. The van der Waals surface area contributed by atoms with Crippen molar-refractivity contribution >= 4 is 32.7 Å². The van der Waals surface area contributed by atoms with Crippen LogP contribution in [0.15, 0.2) is 217 Å². The van der Waals surface area contributed by atoms with Gasteiger partial charge >= 0.3 is 0 Å². The molecule has 2 heterocycles. The quantitative estimate of drug-likeness (QED) is 0.169. The molecule has 0 spiro atoms. The van der Waals surface area contributed by atoms with E-state index in [1.54, 1.807) is 0 Å². The van der Waals surface area contributed by atoms with Crippen LogP contribution in [0.2, 0.25) is 0 Å². The fourth-order valence-electron chi connectivity index (χ4n) is 9.56. The van der Waals surface area contributed by atoms with Gasteiger partial charge in [0.1, 0.15) is 11.2 Å². The van der Waals surface area contributed by atoms with Crippen molar-refractivity contribution in [2.45, 2.75) is 5.41 Å². The predicted octanol–water partition coefficient (Wildman–Crippen LogP) is 14.0. The Morgan fingerprint density at radius 2 is 0.917 bits per heavy atom. The average molecular weight is 766 g/mol. The van der Waals surface area contributed by atoms with E-state index in [-0.39, 0.29) is 0 Å². The van der Waals surface area contributed by atoms with E-state index in [9.17, 15) is 0 Å². The maximum atomic E-state index is 6.78. The van der Waals surface area contributed by atoms with Gasteiger partial charge < -0.3 is 4.42 Å². The molecule has 60 heavy (non-hydrogen) atoms. The molecule has 0 unspecified atom stereocenters. The van der Waals surface area contributed by atoms with Crippen LogP contribution >= 0.6 is 0 Å². The smallest absolute Gasteiger partial charge is 0.165 e. The molecule has 0 saturated heterocycles. The van der Waals surface area contributed by atoms with Gasteiger partial charge in [-0.3, -0.25) is 0 Å². The molecule has 1 aliphatic carbocycles. The molecule has 1 aliphatic rings. The molecule has 0 atom stereocenters. The zero-order valence-electron chi connectivity index (χ0n) is 32.5. The average Bonchev–Trinajstić information content (AvgIpc) is 3.85. The standard InChI is InChI=1S/C56H35N3O/c1-4-17-37(18-5-1)53-57-54(38-19-6-2-7-20-38)59-55(58-53)52-42-23-11-10-16-36(42)28-31-43(52)39-29-33-50-47(34-39)46-32-30-41(35-51(46)60-50)56(40-21-8-3-9-22-40)48-26-14-12-24-44(48)45-25-13-15-27-49(45)56/h1-35H. The van der Waals surface area contributed by atoms with Gasteiger partial charge in [-0.15, -0.1) is 0 Å². The van der Waals surface area contributed by atoms with Gasteiger partial charge in [0, 0.05) is 27.5 Å². The van der Waals surface area contributed by atoms with Gasteiger partial charge in [-0.05, 0) is 73.5 Å². The number of hydrogen-bond acceptors (Lipinski definition) is 4. The van der Waals surface area contributed by atoms with Crippen LogP contribution < -0.4 is 0 Å². The number of aromatic nitrogens is 3. The first-order valence-corrected chi connectivity index (χ1v) is 20.4. The molecule has 0 saturated carbocycles. The molecule has 4 nitrogen and oxygen atoms in total. The third-order valence-corrected chi connectivity index (χ3v) is 12.2. The molecular weight excluding hydrogens is 731 g/mol. The lowest BCUT2D eigenvalue weighted by atomic mass is 9.67. The Hall–Kier alpha value is -7.95. The Labute approximate surface area is 347 Å². The summed E-state index contributed by atoms with van der Waals surface area (Å²) in [6.07, 6.45) is 0. The second kappa shape index (κ2) is 13.6. The molecule has 9 aromatic carbocycles. The minimum atomic E-state index is -0.505. The van der Waals surface area contributed by atoms with Crippen molar-refractivity contribution in [2.75, 3.05) is 0 Å². The fourth-order valence-corrected chi connectivity index (χ4v) is 9.56. The van der Waals surface area contributed by atoms with Gasteiger partial charge in [0.15, 0.2) is 17.5 Å². The molecule has 0 N–H and O–H groups in total. The summed E-state index contributed by atoms with van der Waals surface area (Å²) >= 11 is 0. The number of hydrogen-bond donors (Lipinski definition) is 0. The van der Waals surface area contributed by atoms with Crippen molar-refractivity contribution in [3.05, 3.63) is 235 Å². The van der Waals surface area contributed by atoms with Crippen LogP contribution in [0, 0.1) is 0 Å². The third kappa shape index (κ3) is 5.21. The summed E-state index contributed by atoms with van der Waals surface area (Å²) in [7, 11) is 0. The summed E-state index contributed by atoms with van der Waals surface area (Å²) in [5.74, 6) is 1.89. The van der Waals surface area contributed by atoms with Gasteiger partial charge in [-0.1, -0.05) is 194 Å². The zero-order valence-corrected chi connectivity index (χ0v) is 32.5. The minimum absolute atomic E-state index is 0.505. The van der Waals surface area contributed by atoms with E-state index in [1.807, 2.05) is 60.7 Å². The molecule has 12 rings (SSSR count). The number of benzene rings is 9. The molecule has 11 aromatic rings. The summed E-state index contributed by atoms with van der Waals surface area (Å²) in [4.78, 5) is 15.4. The lowest BCUT2D eigenvalue weighted by Gasteiger charge is -2.33. The molecule has 280 valence electrons. The number of furan rings is 1. The van der Waals surface area contributed by atoms with E-state index >= 15 is 0 Å². The molecular formula is C56H35N3O. The lowest BCUT2D eigenvalue weighted by molar-refractivity contribution is 0.665. The monoisotopic (exact) mass is 765 g/mol. The lowest BCUT2D eigenvalue weighted by Crippen LogP contribution is -2.28. The normalized spacial score (nSPS) is 12.8. The van der Waals surface area contributed by atoms with Crippen molar-refractivity contribution < 1.29 is 4.42 Å². The van der Waals surface area contributed by atoms with Crippen molar-refractivity contribution in [3.8, 4) is 56.4 Å². The summed E-state index contributed by atoms with van der Waals surface area (Å²) < 4.78 is 6.78. The van der Waals surface area contributed by atoms with Gasteiger partial charge in [0.25, 0.3) is 0 Å². The predicted molar refractivity (Wildman–Crippen MR) is 244 cm³/mol. The number of rotatable bonds is 6. The molecule has 0 bridgehead atoms. The van der Waals surface area contributed by atoms with Gasteiger partial charge in [-0.25, -0.2) is 15.0 Å². The topological polar surface area (TPSA) is 51.8 Å². The summed E-state index contributed by atoms with van der Waals surface area (Å²) in [5, 5.41) is 4.31. The van der Waals surface area contributed by atoms with Gasteiger partial charge in [0.05, 0.1) is 5.41 Å². The van der Waals surface area contributed by atoms with Crippen LogP contribution in [-0.2, 0) is 5.41 Å². The highest BCUT2D eigenvalue weighted by atomic mass is 16.3. The van der Waals surface area contributed by atoms with Gasteiger partial charge in [0.2, 0.25) is 0 Å². The first kappa shape index (κ1) is 34.1. The van der Waals surface area contributed by atoms with E-state index < -0.39 is 5.41 Å². The maximum Gasteiger partial charge on any atom is 0.165 e. The fraction of sp³-hybridized carbons (Fsp3) is 0.0179. The van der Waals surface area contributed by atoms with E-state index in [4.69, 9.17) is 19.4 Å². The molecule has 0 amide bonds. The van der Waals surface area contributed by atoms with Crippen molar-refractivity contribution in [1.29, 1.82) is 0 Å². The summed E-state index contributed by atoms with van der Waals surface area (Å²) in [5.41, 5.74) is 13.6. The Balaban J connectivity index is 1.06. The van der Waals surface area contributed by atoms with Crippen LogP contribution in [0.1, 0.15) is 22.3 Å². The highest BCUT2D eigenvalue weighted by Crippen LogP contribution is 2.56. The number of fused-ring (bicyclic) bond motifs is 7. The Morgan fingerprint density at radius 3 is 1.60 bits per heavy atom. The summed E-state index contributed by atoms with van der Waals surface area (Å²) in [6.45, 7) is 0. The van der Waals surface area contributed by atoms with E-state index in [2.05, 4.69) is 152 Å². The van der Waals surface area contributed by atoms with Crippen LogP contribution in [0.5, 0.6) is 0 Å². The largest absolute Gasteiger partial charge is 0.456 e. The Morgan fingerprint density at radius 1 is 0.333 bits per heavy atom. The molecule has 0 fully saturated rings. The Kier molecular flexibility index (Phi) is 7.72. The highest BCUT2D eigenvalue weighted by molar-refractivity contribution is 6.09. The van der Waals surface area contributed by atoms with Crippen molar-refractivity contribution in [3.63, 3.8) is 0 Å². The van der Waals surface area contributed by atoms with Crippen LogP contribution in [0.3, 0.4) is 0 Å². The summed E-state index contributed by atoms with van der Waals surface area (Å²) in [6, 6.07) is 75.1. The van der Waals surface area contributed by atoms with E-state index in [0.717, 1.165) is 60.5 Å².